The van der Waals surface area contributed by atoms with Crippen LogP contribution in [0, 0.1) is 11.8 Å². The van der Waals surface area contributed by atoms with E-state index in [4.69, 9.17) is 0 Å². The zero-order chi connectivity index (χ0) is 14.9. The van der Waals surface area contributed by atoms with Crippen molar-refractivity contribution in [3.8, 4) is 0 Å². The maximum atomic E-state index is 11.0. The third kappa shape index (κ3) is 1.37. The van der Waals surface area contributed by atoms with Gasteiger partial charge in [0.25, 0.3) is 0 Å². The van der Waals surface area contributed by atoms with Gasteiger partial charge in [0.1, 0.15) is 0 Å². The predicted molar refractivity (Wildman–Crippen MR) is 86.3 cm³/mol. The monoisotopic (exact) mass is 292 g/mol. The first kappa shape index (κ1) is 12.8. The number of nitrogens with zero attached hydrogens (tertiary/aromatic N) is 2. The largest absolute Gasteiger partial charge is 0.387 e. The Bertz CT molecular complexity index is 768. The lowest BCUT2D eigenvalue weighted by atomic mass is 9.61. The lowest BCUT2D eigenvalue weighted by Crippen LogP contribution is -2.45. The maximum Gasteiger partial charge on any atom is 0.0970 e. The minimum Gasteiger partial charge on any atom is -0.387 e. The Hall–Kier alpha value is -1.71. The molecule has 1 aromatic heterocycles. The normalized spacial score (nSPS) is 39.7. The van der Waals surface area contributed by atoms with E-state index in [-0.39, 0.29) is 11.6 Å². The number of pyridine rings is 1. The van der Waals surface area contributed by atoms with Gasteiger partial charge in [-0.25, -0.2) is 0 Å². The second-order valence-corrected chi connectivity index (χ2v) is 6.99. The minimum absolute atomic E-state index is 0.267. The number of allylic oxidation sites excluding steroid dienone is 1. The first-order valence-corrected chi connectivity index (χ1v) is 8.18. The van der Waals surface area contributed by atoms with Crippen LogP contribution in [0.5, 0.6) is 0 Å². The Balaban J connectivity index is 1.51. The molecule has 6 atom stereocenters. The van der Waals surface area contributed by atoms with Crippen LogP contribution in [0.1, 0.15) is 24.5 Å². The fourth-order valence-corrected chi connectivity index (χ4v) is 5.31. The van der Waals surface area contributed by atoms with Crippen molar-refractivity contribution < 1.29 is 5.11 Å². The summed E-state index contributed by atoms with van der Waals surface area (Å²) in [7, 11) is 0. The highest BCUT2D eigenvalue weighted by Gasteiger charge is 2.77. The van der Waals surface area contributed by atoms with Crippen LogP contribution >= 0.6 is 0 Å². The first-order valence-electron chi connectivity index (χ1n) is 8.18. The molecular weight excluding hydrogens is 272 g/mol. The molecule has 0 amide bonds. The number of piperidine rings is 1. The van der Waals surface area contributed by atoms with E-state index in [1.165, 1.54) is 12.8 Å². The average molecular weight is 292 g/mol. The van der Waals surface area contributed by atoms with Crippen LogP contribution in [0.3, 0.4) is 0 Å². The number of benzene rings is 1. The van der Waals surface area contributed by atoms with Crippen molar-refractivity contribution in [2.75, 3.05) is 6.54 Å². The zero-order valence-electron chi connectivity index (χ0n) is 12.5. The van der Waals surface area contributed by atoms with E-state index in [0.29, 0.717) is 11.8 Å². The SMILES string of the molecule is C=CC1CC23C1CCN2C3[C@H](O)c1ccnc2ccccc12. The number of fused-ring (bicyclic) bond motifs is 1. The molecule has 1 N–H and O–H groups in total. The standard InChI is InChI=1S/C19H20N2O/c1-2-12-11-19-15(12)8-10-21(19)18(19)17(22)14-7-9-20-16-6-4-3-5-13(14)16/h2-7,9,12,15,17-18,22H,1,8,10-11H2/t12?,15?,17-,18?,19?,21?/m1/s1. The number of aromatic nitrogens is 1. The molecular formula is C19H20N2O. The third-order valence-corrected chi connectivity index (χ3v) is 6.32. The van der Waals surface area contributed by atoms with Gasteiger partial charge in [-0.15, -0.1) is 6.58 Å². The fourth-order valence-electron chi connectivity index (χ4n) is 5.31. The van der Waals surface area contributed by atoms with Crippen LogP contribution in [-0.4, -0.2) is 33.1 Å². The molecule has 3 fully saturated rings. The minimum atomic E-state index is -0.415. The van der Waals surface area contributed by atoms with Crippen molar-refractivity contribution in [2.45, 2.75) is 30.5 Å². The number of rotatable bonds is 3. The van der Waals surface area contributed by atoms with E-state index >= 15 is 0 Å². The molecule has 5 unspecified atom stereocenters. The first-order chi connectivity index (χ1) is 10.8. The summed E-state index contributed by atoms with van der Waals surface area (Å²) in [4.78, 5) is 6.94. The quantitative estimate of drug-likeness (QED) is 0.698. The molecule has 3 aliphatic rings. The number of hydrogen-bond acceptors (Lipinski definition) is 3. The molecule has 1 aromatic carbocycles. The summed E-state index contributed by atoms with van der Waals surface area (Å²) in [5, 5.41) is 12.1. The Morgan fingerprint density at radius 1 is 1.36 bits per heavy atom. The second-order valence-electron chi connectivity index (χ2n) is 6.99. The van der Waals surface area contributed by atoms with Gasteiger partial charge in [-0.1, -0.05) is 24.3 Å². The van der Waals surface area contributed by atoms with Crippen molar-refractivity contribution in [3.63, 3.8) is 0 Å². The van der Waals surface area contributed by atoms with Crippen LogP contribution in [0.2, 0.25) is 0 Å². The van der Waals surface area contributed by atoms with Crippen LogP contribution in [0.4, 0.5) is 0 Å². The van der Waals surface area contributed by atoms with Crippen molar-refractivity contribution in [3.05, 3.63) is 54.7 Å². The molecule has 5 rings (SSSR count). The number of aliphatic hydroxyl groups is 1. The smallest absolute Gasteiger partial charge is 0.0970 e. The van der Waals surface area contributed by atoms with E-state index in [0.717, 1.165) is 23.0 Å². The molecule has 2 saturated heterocycles. The van der Waals surface area contributed by atoms with Crippen LogP contribution < -0.4 is 0 Å². The molecule has 1 aliphatic carbocycles. The molecule has 1 saturated carbocycles. The molecule has 2 aromatic rings. The van der Waals surface area contributed by atoms with Gasteiger partial charge in [0.15, 0.2) is 0 Å². The molecule has 2 aliphatic heterocycles. The van der Waals surface area contributed by atoms with E-state index in [1.54, 1.807) is 0 Å². The summed E-state index contributed by atoms with van der Waals surface area (Å²) >= 11 is 0. The molecule has 112 valence electrons. The average Bonchev–Trinajstić information content (AvgIpc) is 3.13. The van der Waals surface area contributed by atoms with Crippen LogP contribution in [0.25, 0.3) is 10.9 Å². The summed E-state index contributed by atoms with van der Waals surface area (Å²) in [6, 6.07) is 10.4. The van der Waals surface area contributed by atoms with Gasteiger partial charge in [0.2, 0.25) is 0 Å². The summed E-state index contributed by atoms with van der Waals surface area (Å²) in [5.74, 6) is 1.36. The van der Waals surface area contributed by atoms with Gasteiger partial charge in [0, 0.05) is 17.1 Å². The number of para-hydroxylation sites is 1. The Labute approximate surface area is 130 Å². The van der Waals surface area contributed by atoms with Crippen molar-refractivity contribution >= 4 is 10.9 Å². The highest BCUT2D eigenvalue weighted by molar-refractivity contribution is 5.82. The molecule has 3 nitrogen and oxygen atoms in total. The number of hydrogen-bond donors (Lipinski definition) is 1. The Morgan fingerprint density at radius 3 is 3.09 bits per heavy atom. The third-order valence-electron chi connectivity index (χ3n) is 6.32. The summed E-state index contributed by atoms with van der Waals surface area (Å²) in [6.45, 7) is 5.10. The lowest BCUT2D eigenvalue weighted by Gasteiger charge is -2.42. The van der Waals surface area contributed by atoms with Gasteiger partial charge in [-0.2, -0.15) is 0 Å². The highest BCUT2D eigenvalue weighted by atomic mass is 16.3. The van der Waals surface area contributed by atoms with Crippen LogP contribution in [-0.2, 0) is 0 Å². The zero-order valence-corrected chi connectivity index (χ0v) is 12.5. The van der Waals surface area contributed by atoms with E-state index in [9.17, 15) is 5.11 Å². The molecule has 0 bridgehead atoms. The van der Waals surface area contributed by atoms with Gasteiger partial charge < -0.3 is 5.11 Å². The van der Waals surface area contributed by atoms with Crippen molar-refractivity contribution in [1.29, 1.82) is 0 Å². The summed E-state index contributed by atoms with van der Waals surface area (Å²) in [6.07, 6.45) is 5.95. The van der Waals surface area contributed by atoms with Crippen LogP contribution in [0.15, 0.2) is 49.2 Å². The summed E-state index contributed by atoms with van der Waals surface area (Å²) < 4.78 is 0. The van der Waals surface area contributed by atoms with Gasteiger partial charge >= 0.3 is 0 Å². The molecule has 1 spiro atoms. The Morgan fingerprint density at radius 2 is 2.23 bits per heavy atom. The molecule has 22 heavy (non-hydrogen) atoms. The summed E-state index contributed by atoms with van der Waals surface area (Å²) in [5.41, 5.74) is 2.26. The van der Waals surface area contributed by atoms with Gasteiger partial charge in [-0.05, 0) is 48.9 Å². The predicted octanol–water partition coefficient (Wildman–Crippen LogP) is 2.92. The van der Waals surface area contributed by atoms with Crippen molar-refractivity contribution in [1.82, 2.24) is 9.88 Å². The fraction of sp³-hybridized carbons (Fsp3) is 0.421. The number of aliphatic hydroxyl groups excluding tert-OH is 1. The molecule has 3 heteroatoms. The lowest BCUT2D eigenvalue weighted by molar-refractivity contribution is 0.108. The van der Waals surface area contributed by atoms with Crippen molar-refractivity contribution in [2.24, 2.45) is 11.8 Å². The maximum absolute atomic E-state index is 11.0. The van der Waals surface area contributed by atoms with E-state index in [1.807, 2.05) is 30.5 Å². The topological polar surface area (TPSA) is 36.1 Å². The van der Waals surface area contributed by atoms with E-state index in [2.05, 4.69) is 28.6 Å². The van der Waals surface area contributed by atoms with E-state index < -0.39 is 6.10 Å². The Kier molecular flexibility index (Phi) is 2.43. The van der Waals surface area contributed by atoms with Gasteiger partial charge in [-0.3, -0.25) is 9.88 Å². The van der Waals surface area contributed by atoms with Gasteiger partial charge in [0.05, 0.1) is 17.7 Å². The second kappa shape index (κ2) is 4.18. The molecule has 0 radical (unpaired) electrons. The molecule has 3 heterocycles. The highest BCUT2D eigenvalue weighted by Crippen LogP contribution is 2.69.